The number of nitrogens with two attached hydrogens (primary N) is 1. The second kappa shape index (κ2) is 4.70. The monoisotopic (exact) mass is 272 g/mol. The first-order valence-electron chi connectivity index (χ1n) is 5.53. The SMILES string of the molecule is Nc1cnccc1-c1nc(-c2cccc(Cl)c2)no1. The van der Waals surface area contributed by atoms with Gasteiger partial charge in [-0.15, -0.1) is 0 Å². The Morgan fingerprint density at radius 3 is 2.89 bits per heavy atom. The molecular formula is C13H9ClN4O. The van der Waals surface area contributed by atoms with Crippen molar-refractivity contribution >= 4 is 17.3 Å². The fourth-order valence-electron chi connectivity index (χ4n) is 1.68. The third-order valence-corrected chi connectivity index (χ3v) is 2.83. The van der Waals surface area contributed by atoms with E-state index in [4.69, 9.17) is 21.9 Å². The van der Waals surface area contributed by atoms with Crippen LogP contribution >= 0.6 is 11.6 Å². The summed E-state index contributed by atoms with van der Waals surface area (Å²) in [5.41, 5.74) is 7.75. The molecule has 0 bridgehead atoms. The van der Waals surface area contributed by atoms with Crippen molar-refractivity contribution in [3.05, 3.63) is 47.7 Å². The van der Waals surface area contributed by atoms with Crippen LogP contribution in [0.1, 0.15) is 0 Å². The van der Waals surface area contributed by atoms with E-state index in [0.29, 0.717) is 28.0 Å². The van der Waals surface area contributed by atoms with Crippen LogP contribution in [-0.4, -0.2) is 15.1 Å². The molecule has 6 heteroatoms. The highest BCUT2D eigenvalue weighted by molar-refractivity contribution is 6.30. The summed E-state index contributed by atoms with van der Waals surface area (Å²) in [5, 5.41) is 4.54. The predicted molar refractivity (Wildman–Crippen MR) is 72.4 cm³/mol. The largest absolute Gasteiger partial charge is 0.397 e. The Morgan fingerprint density at radius 1 is 1.21 bits per heavy atom. The number of rotatable bonds is 2. The van der Waals surface area contributed by atoms with Crippen molar-refractivity contribution in [2.75, 3.05) is 5.73 Å². The van der Waals surface area contributed by atoms with Crippen molar-refractivity contribution < 1.29 is 4.52 Å². The molecule has 0 spiro atoms. The molecule has 94 valence electrons. The zero-order valence-corrected chi connectivity index (χ0v) is 10.5. The van der Waals surface area contributed by atoms with E-state index in [9.17, 15) is 0 Å². The van der Waals surface area contributed by atoms with Gasteiger partial charge in [-0.1, -0.05) is 28.9 Å². The van der Waals surface area contributed by atoms with Crippen LogP contribution in [0.4, 0.5) is 5.69 Å². The van der Waals surface area contributed by atoms with E-state index < -0.39 is 0 Å². The Morgan fingerprint density at radius 2 is 2.11 bits per heavy atom. The van der Waals surface area contributed by atoms with Crippen molar-refractivity contribution in [3.8, 4) is 22.8 Å². The summed E-state index contributed by atoms with van der Waals surface area (Å²) >= 11 is 5.93. The Hall–Kier alpha value is -2.40. The smallest absolute Gasteiger partial charge is 0.260 e. The first kappa shape index (κ1) is 11.7. The minimum absolute atomic E-state index is 0.356. The van der Waals surface area contributed by atoms with Gasteiger partial charge in [-0.3, -0.25) is 4.98 Å². The van der Waals surface area contributed by atoms with Gasteiger partial charge in [0.1, 0.15) is 0 Å². The van der Waals surface area contributed by atoms with Crippen molar-refractivity contribution in [2.24, 2.45) is 0 Å². The minimum atomic E-state index is 0.356. The second-order valence-corrected chi connectivity index (χ2v) is 4.33. The van der Waals surface area contributed by atoms with E-state index in [2.05, 4.69) is 15.1 Å². The van der Waals surface area contributed by atoms with Gasteiger partial charge >= 0.3 is 0 Å². The lowest BCUT2D eigenvalue weighted by molar-refractivity contribution is 0.432. The molecule has 0 amide bonds. The van der Waals surface area contributed by atoms with Gasteiger partial charge in [0.25, 0.3) is 5.89 Å². The van der Waals surface area contributed by atoms with Crippen LogP contribution in [0, 0.1) is 0 Å². The number of anilines is 1. The van der Waals surface area contributed by atoms with E-state index in [-0.39, 0.29) is 0 Å². The zero-order valence-electron chi connectivity index (χ0n) is 9.75. The molecule has 0 radical (unpaired) electrons. The highest BCUT2D eigenvalue weighted by Crippen LogP contribution is 2.26. The first-order valence-corrected chi connectivity index (χ1v) is 5.91. The number of nitrogen functional groups attached to an aromatic ring is 1. The maximum Gasteiger partial charge on any atom is 0.260 e. The summed E-state index contributed by atoms with van der Waals surface area (Å²) in [5.74, 6) is 0.823. The maximum atomic E-state index is 5.93. The number of pyridine rings is 1. The molecule has 0 aliphatic heterocycles. The first-order chi connectivity index (χ1) is 9.24. The van der Waals surface area contributed by atoms with Gasteiger partial charge in [0.05, 0.1) is 17.4 Å². The molecule has 0 aliphatic rings. The molecular weight excluding hydrogens is 264 g/mol. The number of halogens is 1. The van der Waals surface area contributed by atoms with E-state index in [1.807, 2.05) is 12.1 Å². The van der Waals surface area contributed by atoms with Gasteiger partial charge in [0.2, 0.25) is 5.82 Å². The highest BCUT2D eigenvalue weighted by atomic mass is 35.5. The van der Waals surface area contributed by atoms with Crippen LogP contribution in [0.3, 0.4) is 0 Å². The van der Waals surface area contributed by atoms with Crippen LogP contribution in [0.25, 0.3) is 22.8 Å². The molecule has 3 aromatic rings. The van der Waals surface area contributed by atoms with Gasteiger partial charge in [-0.25, -0.2) is 0 Å². The summed E-state index contributed by atoms with van der Waals surface area (Å²) < 4.78 is 5.21. The van der Waals surface area contributed by atoms with Gasteiger partial charge in [-0.2, -0.15) is 4.98 Å². The number of hydrogen-bond acceptors (Lipinski definition) is 5. The second-order valence-electron chi connectivity index (χ2n) is 3.90. The molecule has 3 rings (SSSR count). The lowest BCUT2D eigenvalue weighted by Gasteiger charge is -1.97. The topological polar surface area (TPSA) is 77.8 Å². The fraction of sp³-hybridized carbons (Fsp3) is 0. The molecule has 2 aromatic heterocycles. The predicted octanol–water partition coefficient (Wildman–Crippen LogP) is 3.03. The molecule has 0 aliphatic carbocycles. The quantitative estimate of drug-likeness (QED) is 0.776. The number of benzene rings is 1. The molecule has 0 saturated heterocycles. The summed E-state index contributed by atoms with van der Waals surface area (Å²) in [4.78, 5) is 8.22. The van der Waals surface area contributed by atoms with Crippen molar-refractivity contribution in [1.82, 2.24) is 15.1 Å². The number of hydrogen-bond donors (Lipinski definition) is 1. The lowest BCUT2D eigenvalue weighted by atomic mass is 10.2. The summed E-state index contributed by atoms with van der Waals surface area (Å²) in [7, 11) is 0. The highest BCUT2D eigenvalue weighted by Gasteiger charge is 2.12. The molecule has 0 unspecified atom stereocenters. The number of nitrogens with zero attached hydrogens (tertiary/aromatic N) is 3. The fourth-order valence-corrected chi connectivity index (χ4v) is 1.87. The molecule has 5 nitrogen and oxygen atoms in total. The molecule has 2 heterocycles. The molecule has 0 saturated carbocycles. The Kier molecular flexibility index (Phi) is 2.89. The zero-order chi connectivity index (χ0) is 13.2. The number of aromatic nitrogens is 3. The van der Waals surface area contributed by atoms with Crippen molar-refractivity contribution in [3.63, 3.8) is 0 Å². The van der Waals surface area contributed by atoms with Gasteiger partial charge in [0, 0.05) is 16.8 Å². The maximum absolute atomic E-state index is 5.93. The van der Waals surface area contributed by atoms with Crippen LogP contribution < -0.4 is 5.73 Å². The van der Waals surface area contributed by atoms with Crippen molar-refractivity contribution in [2.45, 2.75) is 0 Å². The van der Waals surface area contributed by atoms with Crippen LogP contribution in [0.5, 0.6) is 0 Å². The van der Waals surface area contributed by atoms with E-state index in [1.54, 1.807) is 30.6 Å². The van der Waals surface area contributed by atoms with Crippen LogP contribution in [-0.2, 0) is 0 Å². The van der Waals surface area contributed by atoms with Gasteiger partial charge in [0.15, 0.2) is 0 Å². The average molecular weight is 273 g/mol. The Balaban J connectivity index is 2.03. The summed E-state index contributed by atoms with van der Waals surface area (Å²) in [6.07, 6.45) is 3.16. The molecule has 0 atom stereocenters. The van der Waals surface area contributed by atoms with Gasteiger partial charge in [-0.05, 0) is 18.2 Å². The standard InChI is InChI=1S/C13H9ClN4O/c14-9-3-1-2-8(6-9)12-17-13(19-18-12)10-4-5-16-7-11(10)15/h1-7H,15H2. The van der Waals surface area contributed by atoms with Crippen LogP contribution in [0.15, 0.2) is 47.2 Å². The minimum Gasteiger partial charge on any atom is -0.397 e. The van der Waals surface area contributed by atoms with Gasteiger partial charge < -0.3 is 10.3 Å². The molecule has 0 fully saturated rings. The average Bonchev–Trinajstić information content (AvgIpc) is 2.89. The van der Waals surface area contributed by atoms with Crippen LogP contribution in [0.2, 0.25) is 5.02 Å². The summed E-state index contributed by atoms with van der Waals surface area (Å²) in [6.45, 7) is 0. The molecule has 1 aromatic carbocycles. The Labute approximate surface area is 114 Å². The normalized spacial score (nSPS) is 10.6. The molecule has 19 heavy (non-hydrogen) atoms. The van der Waals surface area contributed by atoms with E-state index in [0.717, 1.165) is 5.56 Å². The third kappa shape index (κ3) is 2.28. The third-order valence-electron chi connectivity index (χ3n) is 2.59. The summed E-state index contributed by atoms with van der Waals surface area (Å²) in [6, 6.07) is 8.97. The molecule has 2 N–H and O–H groups in total. The Bertz CT molecular complexity index is 726. The van der Waals surface area contributed by atoms with E-state index >= 15 is 0 Å². The van der Waals surface area contributed by atoms with Crippen molar-refractivity contribution in [1.29, 1.82) is 0 Å². The van der Waals surface area contributed by atoms with E-state index in [1.165, 1.54) is 0 Å². The lowest BCUT2D eigenvalue weighted by Crippen LogP contribution is -1.90.